The van der Waals surface area contributed by atoms with Crippen LogP contribution in [0.3, 0.4) is 0 Å². The summed E-state index contributed by atoms with van der Waals surface area (Å²) in [6, 6.07) is 7.53. The fourth-order valence-corrected chi connectivity index (χ4v) is 2.65. The molecule has 2 nitrogen and oxygen atoms in total. The van der Waals surface area contributed by atoms with E-state index in [1.54, 1.807) is 0 Å². The predicted octanol–water partition coefficient (Wildman–Crippen LogP) is 4.41. The monoisotopic (exact) mass is 280 g/mol. The minimum absolute atomic E-state index is 0.430. The molecule has 0 fully saturated rings. The van der Waals surface area contributed by atoms with E-state index in [0.29, 0.717) is 17.4 Å². The number of hydrogen-bond acceptors (Lipinski definition) is 3. The molecule has 0 atom stereocenters. The molecular formula is C14H13ClO2S. The van der Waals surface area contributed by atoms with Gasteiger partial charge in [-0.05, 0) is 37.6 Å². The Morgan fingerprint density at radius 1 is 1.33 bits per heavy atom. The molecule has 0 aliphatic rings. The van der Waals surface area contributed by atoms with E-state index in [1.165, 1.54) is 11.3 Å². The second-order valence-corrected chi connectivity index (χ2v) is 5.77. The summed E-state index contributed by atoms with van der Waals surface area (Å²) in [6.07, 6.45) is 0.862. The Labute approximate surface area is 115 Å². The van der Waals surface area contributed by atoms with Gasteiger partial charge in [-0.1, -0.05) is 17.7 Å². The number of aryl methyl sites for hydroxylation is 2. The summed E-state index contributed by atoms with van der Waals surface area (Å²) in [7, 11) is 0. The molecule has 0 spiro atoms. The highest BCUT2D eigenvalue weighted by molar-refractivity contribution is 7.13. The van der Waals surface area contributed by atoms with Crippen LogP contribution in [-0.4, -0.2) is 6.29 Å². The van der Waals surface area contributed by atoms with Gasteiger partial charge in [0.15, 0.2) is 6.29 Å². The Morgan fingerprint density at radius 3 is 2.78 bits per heavy atom. The minimum atomic E-state index is 0.430. The zero-order valence-electron chi connectivity index (χ0n) is 10.2. The molecule has 0 saturated carbocycles. The van der Waals surface area contributed by atoms with Crippen molar-refractivity contribution in [2.24, 2.45) is 0 Å². The van der Waals surface area contributed by atoms with Crippen molar-refractivity contribution in [3.8, 4) is 5.75 Å². The molecule has 94 valence electrons. The average Bonchev–Trinajstić information content (AvgIpc) is 2.71. The Balaban J connectivity index is 2.13. The van der Waals surface area contributed by atoms with Gasteiger partial charge in [0, 0.05) is 10.4 Å². The van der Waals surface area contributed by atoms with Crippen LogP contribution in [0.25, 0.3) is 0 Å². The van der Waals surface area contributed by atoms with Crippen molar-refractivity contribution in [1.82, 2.24) is 0 Å². The first-order valence-corrected chi connectivity index (χ1v) is 6.73. The summed E-state index contributed by atoms with van der Waals surface area (Å²) in [5, 5.41) is 0.601. The van der Waals surface area contributed by atoms with E-state index < -0.39 is 0 Å². The van der Waals surface area contributed by atoms with Gasteiger partial charge in [0.1, 0.15) is 12.4 Å². The summed E-state index contributed by atoms with van der Waals surface area (Å²) < 4.78 is 5.70. The van der Waals surface area contributed by atoms with E-state index in [0.717, 1.165) is 27.2 Å². The molecular weight excluding hydrogens is 268 g/mol. The molecule has 0 unspecified atom stereocenters. The van der Waals surface area contributed by atoms with Crippen LogP contribution >= 0.6 is 22.9 Å². The Kier molecular flexibility index (Phi) is 4.04. The Bertz CT molecular complexity index is 575. The van der Waals surface area contributed by atoms with Crippen LogP contribution in [0.2, 0.25) is 5.02 Å². The van der Waals surface area contributed by atoms with Gasteiger partial charge in [-0.25, -0.2) is 0 Å². The summed E-state index contributed by atoms with van der Waals surface area (Å²) >= 11 is 7.53. The number of carbonyl (C=O) groups excluding carboxylic acids is 1. The highest BCUT2D eigenvalue weighted by Gasteiger charge is 2.07. The molecule has 2 aromatic rings. The maximum atomic E-state index is 10.7. The van der Waals surface area contributed by atoms with Crippen molar-refractivity contribution in [2.45, 2.75) is 20.5 Å². The molecule has 1 aromatic carbocycles. The number of benzene rings is 1. The van der Waals surface area contributed by atoms with Crippen LogP contribution in [-0.2, 0) is 6.61 Å². The smallest absolute Gasteiger partial charge is 0.160 e. The van der Waals surface area contributed by atoms with E-state index >= 15 is 0 Å². The fraction of sp³-hybridized carbons (Fsp3) is 0.214. The third-order valence-electron chi connectivity index (χ3n) is 2.63. The van der Waals surface area contributed by atoms with Gasteiger partial charge in [-0.3, -0.25) is 4.79 Å². The average molecular weight is 281 g/mol. The molecule has 0 N–H and O–H groups in total. The van der Waals surface area contributed by atoms with Gasteiger partial charge >= 0.3 is 0 Å². The molecule has 4 heteroatoms. The van der Waals surface area contributed by atoms with E-state index in [9.17, 15) is 4.79 Å². The SMILES string of the molecule is Cc1ccc(Cl)c(OCc2cc(C=O)sc2C)c1. The maximum absolute atomic E-state index is 10.7. The number of aldehydes is 1. The minimum Gasteiger partial charge on any atom is -0.487 e. The van der Waals surface area contributed by atoms with E-state index in [-0.39, 0.29) is 0 Å². The first kappa shape index (κ1) is 13.1. The number of halogens is 1. The largest absolute Gasteiger partial charge is 0.487 e. The van der Waals surface area contributed by atoms with Gasteiger partial charge in [-0.15, -0.1) is 11.3 Å². The number of hydrogen-bond donors (Lipinski definition) is 0. The molecule has 0 aliphatic heterocycles. The Morgan fingerprint density at radius 2 is 2.11 bits per heavy atom. The number of carbonyl (C=O) groups is 1. The zero-order valence-corrected chi connectivity index (χ0v) is 11.8. The Hall–Kier alpha value is -1.32. The molecule has 0 saturated heterocycles. The lowest BCUT2D eigenvalue weighted by Crippen LogP contribution is -1.96. The molecule has 0 radical (unpaired) electrons. The highest BCUT2D eigenvalue weighted by atomic mass is 35.5. The van der Waals surface area contributed by atoms with E-state index in [4.69, 9.17) is 16.3 Å². The van der Waals surface area contributed by atoms with Gasteiger partial charge in [0.2, 0.25) is 0 Å². The van der Waals surface area contributed by atoms with Crippen molar-refractivity contribution >= 4 is 29.2 Å². The second kappa shape index (κ2) is 5.55. The molecule has 18 heavy (non-hydrogen) atoms. The lowest BCUT2D eigenvalue weighted by molar-refractivity contribution is 0.112. The van der Waals surface area contributed by atoms with Gasteiger partial charge in [0.05, 0.1) is 9.90 Å². The van der Waals surface area contributed by atoms with Gasteiger partial charge in [0.25, 0.3) is 0 Å². The second-order valence-electron chi connectivity index (χ2n) is 4.07. The van der Waals surface area contributed by atoms with E-state index in [1.807, 2.05) is 38.1 Å². The van der Waals surface area contributed by atoms with Gasteiger partial charge < -0.3 is 4.74 Å². The van der Waals surface area contributed by atoms with Crippen molar-refractivity contribution in [3.63, 3.8) is 0 Å². The first-order valence-electron chi connectivity index (χ1n) is 5.53. The predicted molar refractivity (Wildman–Crippen MR) is 75.0 cm³/mol. The van der Waals surface area contributed by atoms with Crippen LogP contribution in [0, 0.1) is 13.8 Å². The molecule has 0 aliphatic carbocycles. The number of ether oxygens (including phenoxy) is 1. The summed E-state index contributed by atoms with van der Waals surface area (Å²) in [5.74, 6) is 0.676. The zero-order chi connectivity index (χ0) is 13.1. The van der Waals surface area contributed by atoms with E-state index in [2.05, 4.69) is 0 Å². The van der Waals surface area contributed by atoms with Crippen molar-refractivity contribution in [2.75, 3.05) is 0 Å². The molecule has 2 rings (SSSR count). The first-order chi connectivity index (χ1) is 8.60. The third-order valence-corrected chi connectivity index (χ3v) is 3.96. The standard InChI is InChI=1S/C14H13ClO2S/c1-9-3-4-13(15)14(5-9)17-8-11-6-12(7-16)18-10(11)2/h3-7H,8H2,1-2H3. The van der Waals surface area contributed by atoms with Gasteiger partial charge in [-0.2, -0.15) is 0 Å². The van der Waals surface area contributed by atoms with Crippen LogP contribution in [0.4, 0.5) is 0 Å². The van der Waals surface area contributed by atoms with Crippen molar-refractivity contribution in [1.29, 1.82) is 0 Å². The number of rotatable bonds is 4. The highest BCUT2D eigenvalue weighted by Crippen LogP contribution is 2.27. The van der Waals surface area contributed by atoms with Crippen LogP contribution in [0.1, 0.15) is 25.7 Å². The quantitative estimate of drug-likeness (QED) is 0.776. The molecule has 1 aromatic heterocycles. The van der Waals surface area contributed by atoms with Crippen molar-refractivity contribution < 1.29 is 9.53 Å². The molecule has 1 heterocycles. The van der Waals surface area contributed by atoms with Crippen LogP contribution < -0.4 is 4.74 Å². The molecule has 0 bridgehead atoms. The normalized spacial score (nSPS) is 10.4. The van der Waals surface area contributed by atoms with Crippen molar-refractivity contribution in [3.05, 3.63) is 50.2 Å². The lowest BCUT2D eigenvalue weighted by Gasteiger charge is -2.08. The molecule has 0 amide bonds. The maximum Gasteiger partial charge on any atom is 0.160 e. The topological polar surface area (TPSA) is 26.3 Å². The fourth-order valence-electron chi connectivity index (χ4n) is 1.62. The number of thiophene rings is 1. The van der Waals surface area contributed by atoms with Crippen LogP contribution in [0.5, 0.6) is 5.75 Å². The van der Waals surface area contributed by atoms with Crippen LogP contribution in [0.15, 0.2) is 24.3 Å². The third kappa shape index (κ3) is 2.92. The summed E-state index contributed by atoms with van der Waals surface area (Å²) in [4.78, 5) is 12.5. The summed E-state index contributed by atoms with van der Waals surface area (Å²) in [5.41, 5.74) is 2.13. The lowest BCUT2D eigenvalue weighted by atomic mass is 10.2. The summed E-state index contributed by atoms with van der Waals surface area (Å²) in [6.45, 7) is 4.40.